The minimum atomic E-state index is 0. The van der Waals surface area contributed by atoms with Crippen LogP contribution in [0.25, 0.3) is 0 Å². The molecule has 5 nitrogen and oxygen atoms in total. The molecule has 2 heterocycles. The highest BCUT2D eigenvalue weighted by Gasteiger charge is 2.19. The number of halogens is 1. The SMILES string of the molecule is CCNc1ncc(C(=O)N2CCNCC2)s1.Cl. The lowest BCUT2D eigenvalue weighted by atomic mass is 10.3. The normalized spacial score (nSPS) is 15.2. The Balaban J connectivity index is 0.00000144. The highest BCUT2D eigenvalue weighted by molar-refractivity contribution is 7.17. The molecule has 1 amide bonds. The van der Waals surface area contributed by atoms with E-state index in [1.807, 2.05) is 11.8 Å². The van der Waals surface area contributed by atoms with E-state index >= 15 is 0 Å². The summed E-state index contributed by atoms with van der Waals surface area (Å²) in [5.41, 5.74) is 0. The maximum atomic E-state index is 12.1. The van der Waals surface area contributed by atoms with Crippen molar-refractivity contribution >= 4 is 34.8 Å². The van der Waals surface area contributed by atoms with Crippen LogP contribution in [-0.2, 0) is 0 Å². The van der Waals surface area contributed by atoms with Gasteiger partial charge < -0.3 is 15.5 Å². The van der Waals surface area contributed by atoms with Crippen LogP contribution in [0.2, 0.25) is 0 Å². The molecule has 1 aromatic heterocycles. The fourth-order valence-electron chi connectivity index (χ4n) is 1.63. The van der Waals surface area contributed by atoms with Crippen LogP contribution >= 0.6 is 23.7 Å². The van der Waals surface area contributed by atoms with Gasteiger partial charge in [-0.2, -0.15) is 0 Å². The van der Waals surface area contributed by atoms with Crippen LogP contribution in [0.15, 0.2) is 6.20 Å². The number of aromatic nitrogens is 1. The Hall–Kier alpha value is -0.850. The average Bonchev–Trinajstić information content (AvgIpc) is 2.78. The number of hydrogen-bond acceptors (Lipinski definition) is 5. The maximum Gasteiger partial charge on any atom is 0.265 e. The first-order valence-electron chi connectivity index (χ1n) is 5.51. The molecule has 7 heteroatoms. The average molecular weight is 277 g/mol. The summed E-state index contributed by atoms with van der Waals surface area (Å²) in [4.78, 5) is 18.8. The predicted molar refractivity (Wildman–Crippen MR) is 72.3 cm³/mol. The zero-order valence-electron chi connectivity index (χ0n) is 9.73. The van der Waals surface area contributed by atoms with E-state index in [2.05, 4.69) is 15.6 Å². The quantitative estimate of drug-likeness (QED) is 0.866. The summed E-state index contributed by atoms with van der Waals surface area (Å²) in [6.07, 6.45) is 1.66. The van der Waals surface area contributed by atoms with Crippen molar-refractivity contribution in [2.24, 2.45) is 0 Å². The topological polar surface area (TPSA) is 57.3 Å². The molecule has 96 valence electrons. The van der Waals surface area contributed by atoms with Crippen LogP contribution in [0.1, 0.15) is 16.6 Å². The van der Waals surface area contributed by atoms with Crippen molar-refractivity contribution in [3.05, 3.63) is 11.1 Å². The first kappa shape index (κ1) is 14.2. The molecule has 17 heavy (non-hydrogen) atoms. The number of piperazine rings is 1. The summed E-state index contributed by atoms with van der Waals surface area (Å²) in [7, 11) is 0. The van der Waals surface area contributed by atoms with E-state index in [9.17, 15) is 4.79 Å². The molecule has 0 saturated carbocycles. The molecule has 1 fully saturated rings. The van der Waals surface area contributed by atoms with Gasteiger partial charge in [-0.1, -0.05) is 11.3 Å². The van der Waals surface area contributed by atoms with E-state index in [1.165, 1.54) is 11.3 Å². The fraction of sp³-hybridized carbons (Fsp3) is 0.600. The third-order valence-corrected chi connectivity index (χ3v) is 3.39. The first-order chi connectivity index (χ1) is 7.81. The smallest absolute Gasteiger partial charge is 0.265 e. The molecule has 1 aromatic rings. The Labute approximate surface area is 111 Å². The van der Waals surface area contributed by atoms with Crippen molar-refractivity contribution in [1.82, 2.24) is 15.2 Å². The summed E-state index contributed by atoms with van der Waals surface area (Å²) in [5, 5.41) is 7.16. The number of anilines is 1. The Kier molecular flexibility index (Phi) is 5.67. The molecule has 0 aromatic carbocycles. The molecule has 0 atom stereocenters. The summed E-state index contributed by atoms with van der Waals surface area (Å²) >= 11 is 1.43. The van der Waals surface area contributed by atoms with E-state index < -0.39 is 0 Å². The first-order valence-corrected chi connectivity index (χ1v) is 6.32. The largest absolute Gasteiger partial charge is 0.362 e. The van der Waals surface area contributed by atoms with Crippen LogP contribution in [0.5, 0.6) is 0 Å². The molecule has 0 bridgehead atoms. The van der Waals surface area contributed by atoms with Gasteiger partial charge in [0.15, 0.2) is 5.13 Å². The summed E-state index contributed by atoms with van der Waals surface area (Å²) in [6, 6.07) is 0. The van der Waals surface area contributed by atoms with Crippen LogP contribution in [0, 0.1) is 0 Å². The summed E-state index contributed by atoms with van der Waals surface area (Å²) in [6.45, 7) is 6.17. The van der Waals surface area contributed by atoms with Gasteiger partial charge >= 0.3 is 0 Å². The van der Waals surface area contributed by atoms with Crippen LogP contribution in [0.3, 0.4) is 0 Å². The Morgan fingerprint density at radius 1 is 1.59 bits per heavy atom. The number of carbonyl (C=O) groups is 1. The van der Waals surface area contributed by atoms with Gasteiger partial charge in [0.2, 0.25) is 0 Å². The van der Waals surface area contributed by atoms with Crippen molar-refractivity contribution in [3.8, 4) is 0 Å². The third kappa shape index (κ3) is 3.55. The summed E-state index contributed by atoms with van der Waals surface area (Å²) in [5.74, 6) is 0.100. The zero-order chi connectivity index (χ0) is 11.4. The number of nitrogens with zero attached hydrogens (tertiary/aromatic N) is 2. The van der Waals surface area contributed by atoms with Crippen molar-refractivity contribution in [2.45, 2.75) is 6.92 Å². The minimum absolute atomic E-state index is 0. The molecule has 2 N–H and O–H groups in total. The number of amides is 1. The van der Waals surface area contributed by atoms with Crippen LogP contribution in [-0.4, -0.2) is 48.5 Å². The molecule has 0 radical (unpaired) electrons. The van der Waals surface area contributed by atoms with Crippen molar-refractivity contribution in [3.63, 3.8) is 0 Å². The van der Waals surface area contributed by atoms with Crippen LogP contribution in [0.4, 0.5) is 5.13 Å². The molecule has 0 spiro atoms. The highest BCUT2D eigenvalue weighted by atomic mass is 35.5. The van der Waals surface area contributed by atoms with Gasteiger partial charge in [0.05, 0.1) is 6.20 Å². The third-order valence-electron chi connectivity index (χ3n) is 2.45. The maximum absolute atomic E-state index is 12.1. The van der Waals surface area contributed by atoms with Gasteiger partial charge in [-0.15, -0.1) is 12.4 Å². The lowest BCUT2D eigenvalue weighted by Gasteiger charge is -2.26. The van der Waals surface area contributed by atoms with Gasteiger partial charge in [0, 0.05) is 32.7 Å². The Bertz CT molecular complexity index is 365. The second-order valence-electron chi connectivity index (χ2n) is 3.60. The van der Waals surface area contributed by atoms with E-state index in [-0.39, 0.29) is 18.3 Å². The molecule has 0 unspecified atom stereocenters. The van der Waals surface area contributed by atoms with Crippen molar-refractivity contribution < 1.29 is 4.79 Å². The predicted octanol–water partition coefficient (Wildman–Crippen LogP) is 1.04. The van der Waals surface area contributed by atoms with Crippen molar-refractivity contribution in [2.75, 3.05) is 38.0 Å². The van der Waals surface area contributed by atoms with Crippen LogP contribution < -0.4 is 10.6 Å². The van der Waals surface area contributed by atoms with E-state index in [1.54, 1.807) is 6.20 Å². The molecule has 1 saturated heterocycles. The standard InChI is InChI=1S/C10H16N4OS.ClH/c1-2-12-10-13-7-8(16-10)9(15)14-5-3-11-4-6-14;/h7,11H,2-6H2,1H3,(H,12,13);1H. The molecular formula is C10H17ClN4OS. The fourth-order valence-corrected chi connectivity index (χ4v) is 2.48. The van der Waals surface area contributed by atoms with E-state index in [0.29, 0.717) is 0 Å². The second-order valence-corrected chi connectivity index (χ2v) is 4.63. The van der Waals surface area contributed by atoms with E-state index in [4.69, 9.17) is 0 Å². The lowest BCUT2D eigenvalue weighted by molar-refractivity contribution is 0.0740. The molecule has 2 rings (SSSR count). The summed E-state index contributed by atoms with van der Waals surface area (Å²) < 4.78 is 0. The van der Waals surface area contributed by atoms with E-state index in [0.717, 1.165) is 42.7 Å². The van der Waals surface area contributed by atoms with Gasteiger partial charge in [-0.3, -0.25) is 4.79 Å². The minimum Gasteiger partial charge on any atom is -0.362 e. The number of nitrogens with one attached hydrogen (secondary N) is 2. The van der Waals surface area contributed by atoms with Crippen molar-refractivity contribution in [1.29, 1.82) is 0 Å². The zero-order valence-corrected chi connectivity index (χ0v) is 11.4. The number of rotatable bonds is 3. The number of hydrogen-bond donors (Lipinski definition) is 2. The molecule has 0 aliphatic carbocycles. The molecule has 1 aliphatic heterocycles. The number of thiazole rings is 1. The highest BCUT2D eigenvalue weighted by Crippen LogP contribution is 2.19. The van der Waals surface area contributed by atoms with Gasteiger partial charge in [0.1, 0.15) is 4.88 Å². The number of carbonyl (C=O) groups excluding carboxylic acids is 1. The second kappa shape index (κ2) is 6.78. The lowest BCUT2D eigenvalue weighted by Crippen LogP contribution is -2.46. The monoisotopic (exact) mass is 276 g/mol. The molecular weight excluding hydrogens is 260 g/mol. The Morgan fingerprint density at radius 3 is 2.94 bits per heavy atom. The molecule has 1 aliphatic rings. The van der Waals surface area contributed by atoms with Gasteiger partial charge in [-0.05, 0) is 6.92 Å². The van der Waals surface area contributed by atoms with Gasteiger partial charge in [-0.25, -0.2) is 4.98 Å². The van der Waals surface area contributed by atoms with Gasteiger partial charge in [0.25, 0.3) is 5.91 Å². The Morgan fingerprint density at radius 2 is 2.29 bits per heavy atom.